The zero-order valence-corrected chi connectivity index (χ0v) is 17.7. The van der Waals surface area contributed by atoms with Gasteiger partial charge in [0.05, 0.1) is 5.69 Å². The minimum atomic E-state index is -0.118. The average Bonchev–Trinajstić information content (AvgIpc) is 3.00. The first-order chi connectivity index (χ1) is 12.7. The molecule has 0 aliphatic rings. The van der Waals surface area contributed by atoms with E-state index in [4.69, 9.17) is 28.2 Å². The van der Waals surface area contributed by atoms with Gasteiger partial charge in [0.2, 0.25) is 5.13 Å². The maximum atomic E-state index is 9.89. The summed E-state index contributed by atoms with van der Waals surface area (Å²) in [5.41, 5.74) is 2.55. The molecule has 2 aromatic carbocycles. The van der Waals surface area contributed by atoms with Crippen LogP contribution < -0.4 is 0 Å². The van der Waals surface area contributed by atoms with Crippen LogP contribution in [-0.4, -0.2) is 16.3 Å². The molecule has 0 aliphatic heterocycles. The molecule has 0 amide bonds. The first-order valence-electron chi connectivity index (χ1n) is 8.50. The summed E-state index contributed by atoms with van der Waals surface area (Å²) in [5.74, 6) is 0.196. The van der Waals surface area contributed by atoms with E-state index in [1.807, 2.05) is 24.3 Å². The quantitative estimate of drug-likeness (QED) is 0.473. The largest absolute Gasteiger partial charge is 0.507 e. The van der Waals surface area contributed by atoms with E-state index < -0.39 is 0 Å². The number of para-hydroxylation sites is 1. The van der Waals surface area contributed by atoms with Crippen LogP contribution in [0.25, 0.3) is 0 Å². The second-order valence-electron chi connectivity index (χ2n) is 7.25. The zero-order valence-electron chi connectivity index (χ0n) is 15.3. The number of phenolic OH excluding ortho intramolecular Hbond substituents is 1. The lowest BCUT2D eigenvalue weighted by atomic mass is 9.90. The molecule has 0 saturated heterocycles. The molecule has 0 atom stereocenters. The number of thiazole rings is 1. The Kier molecular flexibility index (Phi) is 5.89. The van der Waals surface area contributed by atoms with Gasteiger partial charge in [0.15, 0.2) is 0 Å². The monoisotopic (exact) mass is 418 g/mol. The molecule has 1 heterocycles. The average molecular weight is 419 g/mol. The molecule has 3 rings (SSSR count). The van der Waals surface area contributed by atoms with Crippen LogP contribution in [0.2, 0.25) is 10.0 Å². The maximum absolute atomic E-state index is 9.89. The Hall–Kier alpha value is -1.88. The van der Waals surface area contributed by atoms with Crippen molar-refractivity contribution in [1.29, 1.82) is 0 Å². The fraction of sp³-hybridized carbons (Fsp3) is 0.238. The van der Waals surface area contributed by atoms with Crippen molar-refractivity contribution in [2.45, 2.75) is 32.6 Å². The van der Waals surface area contributed by atoms with E-state index >= 15 is 0 Å². The van der Waals surface area contributed by atoms with Gasteiger partial charge in [0.25, 0.3) is 0 Å². The summed E-state index contributed by atoms with van der Waals surface area (Å²) >= 11 is 13.9. The van der Waals surface area contributed by atoms with Crippen molar-refractivity contribution in [1.82, 2.24) is 4.98 Å². The smallest absolute Gasteiger partial charge is 0.209 e. The lowest BCUT2D eigenvalue weighted by Gasteiger charge is -2.17. The lowest BCUT2D eigenvalue weighted by molar-refractivity contribution is 0.474. The van der Waals surface area contributed by atoms with Gasteiger partial charge in [-0.3, -0.25) is 0 Å². The molecular formula is C21H20Cl2N2OS. The summed E-state index contributed by atoms with van der Waals surface area (Å²) in [4.78, 5) is 10.3. The third kappa shape index (κ3) is 4.89. The van der Waals surface area contributed by atoms with E-state index in [2.05, 4.69) is 25.8 Å². The summed E-state index contributed by atoms with van der Waals surface area (Å²) in [7, 11) is 0. The predicted octanol–water partition coefficient (Wildman–Crippen LogP) is 6.79. The van der Waals surface area contributed by atoms with Gasteiger partial charge >= 0.3 is 0 Å². The topological polar surface area (TPSA) is 45.5 Å². The Bertz CT molecular complexity index is 990. The van der Waals surface area contributed by atoms with Crippen LogP contribution in [-0.2, 0) is 11.8 Å². The number of rotatable bonds is 4. The molecule has 1 N–H and O–H groups in total. The Balaban J connectivity index is 1.95. The molecule has 0 aliphatic carbocycles. The Morgan fingerprint density at radius 2 is 1.89 bits per heavy atom. The van der Waals surface area contributed by atoms with Crippen LogP contribution >= 0.6 is 34.5 Å². The molecule has 0 fully saturated rings. The molecule has 6 heteroatoms. The second-order valence-corrected chi connectivity index (χ2v) is 9.15. The summed E-state index contributed by atoms with van der Waals surface area (Å²) in [6.07, 6.45) is 2.31. The second kappa shape index (κ2) is 8.01. The van der Waals surface area contributed by atoms with Gasteiger partial charge in [-0.1, -0.05) is 73.5 Å². The van der Waals surface area contributed by atoms with Crippen molar-refractivity contribution < 1.29 is 5.11 Å². The van der Waals surface area contributed by atoms with Crippen molar-refractivity contribution >= 4 is 45.9 Å². The number of phenols is 1. The number of aliphatic imine (C=N–C) groups is 1. The molecular weight excluding hydrogens is 399 g/mol. The third-order valence-electron chi connectivity index (χ3n) is 4.01. The fourth-order valence-corrected chi connectivity index (χ4v) is 4.27. The molecule has 1 aromatic heterocycles. The Labute approximate surface area is 173 Å². The summed E-state index contributed by atoms with van der Waals surface area (Å²) in [5, 5.41) is 11.8. The van der Waals surface area contributed by atoms with Crippen LogP contribution in [0, 0.1) is 0 Å². The predicted molar refractivity (Wildman–Crippen MR) is 115 cm³/mol. The van der Waals surface area contributed by atoms with Gasteiger partial charge in [-0.25, -0.2) is 9.98 Å². The molecule has 0 spiro atoms. The highest BCUT2D eigenvalue weighted by molar-refractivity contribution is 7.15. The molecule has 0 unspecified atom stereocenters. The van der Waals surface area contributed by atoms with Crippen LogP contribution in [0.15, 0.2) is 47.5 Å². The van der Waals surface area contributed by atoms with Crippen molar-refractivity contribution in [2.24, 2.45) is 4.99 Å². The fourth-order valence-electron chi connectivity index (χ4n) is 2.66. The number of halogens is 2. The molecule has 3 aromatic rings. The summed E-state index contributed by atoms with van der Waals surface area (Å²) in [6.45, 7) is 6.39. The molecule has 0 radical (unpaired) electrons. The van der Waals surface area contributed by atoms with E-state index in [0.717, 1.165) is 16.1 Å². The van der Waals surface area contributed by atoms with Gasteiger partial charge in [-0.15, -0.1) is 0 Å². The minimum absolute atomic E-state index is 0.118. The van der Waals surface area contributed by atoms with Gasteiger partial charge in [-0.2, -0.15) is 0 Å². The SMILES string of the molecule is CC(C)(C)c1nc(/N=C/c2ccccc2O)sc1Cc1ccc(Cl)cc1Cl. The molecule has 3 nitrogen and oxygen atoms in total. The first-order valence-corrected chi connectivity index (χ1v) is 10.1. The minimum Gasteiger partial charge on any atom is -0.507 e. The van der Waals surface area contributed by atoms with Crippen molar-refractivity contribution in [2.75, 3.05) is 0 Å². The Morgan fingerprint density at radius 1 is 1.15 bits per heavy atom. The van der Waals surface area contributed by atoms with Crippen molar-refractivity contribution in [3.63, 3.8) is 0 Å². The highest BCUT2D eigenvalue weighted by Gasteiger charge is 2.23. The van der Waals surface area contributed by atoms with E-state index in [0.29, 0.717) is 27.2 Å². The standard InChI is InChI=1S/C21H20Cl2N2OS/c1-21(2,3)19-18(10-13-8-9-15(22)11-16(13)23)27-20(25-19)24-12-14-6-4-5-7-17(14)26/h4-9,11-12,26H,10H2,1-3H3/b24-12+. The van der Waals surface area contributed by atoms with Crippen LogP contribution in [0.4, 0.5) is 5.13 Å². The van der Waals surface area contributed by atoms with Crippen molar-refractivity contribution in [3.8, 4) is 5.75 Å². The van der Waals surface area contributed by atoms with Gasteiger partial charge in [-0.05, 0) is 29.8 Å². The molecule has 27 heavy (non-hydrogen) atoms. The normalized spacial score (nSPS) is 12.0. The van der Waals surface area contributed by atoms with Gasteiger partial charge < -0.3 is 5.11 Å². The molecule has 0 saturated carbocycles. The molecule has 0 bridgehead atoms. The van der Waals surface area contributed by atoms with E-state index in [9.17, 15) is 5.11 Å². The van der Waals surface area contributed by atoms with Crippen LogP contribution in [0.3, 0.4) is 0 Å². The van der Waals surface area contributed by atoms with Gasteiger partial charge in [0.1, 0.15) is 5.75 Å². The van der Waals surface area contributed by atoms with Crippen LogP contribution in [0.5, 0.6) is 5.75 Å². The zero-order chi connectivity index (χ0) is 19.6. The van der Waals surface area contributed by atoms with E-state index in [1.165, 1.54) is 11.3 Å². The summed E-state index contributed by atoms with van der Waals surface area (Å²) < 4.78 is 0. The maximum Gasteiger partial charge on any atom is 0.209 e. The van der Waals surface area contributed by atoms with Crippen LogP contribution in [0.1, 0.15) is 42.5 Å². The number of nitrogens with zero attached hydrogens (tertiary/aromatic N) is 2. The highest BCUT2D eigenvalue weighted by atomic mass is 35.5. The van der Waals surface area contributed by atoms with E-state index in [1.54, 1.807) is 24.4 Å². The first kappa shape index (κ1) is 19.9. The number of aromatic nitrogens is 1. The van der Waals surface area contributed by atoms with Crippen molar-refractivity contribution in [3.05, 3.63) is 74.2 Å². The number of hydrogen-bond acceptors (Lipinski definition) is 4. The number of benzene rings is 2. The number of aromatic hydroxyl groups is 1. The Morgan fingerprint density at radius 3 is 2.56 bits per heavy atom. The summed E-state index contributed by atoms with van der Waals surface area (Å²) in [6, 6.07) is 12.6. The molecule has 140 valence electrons. The van der Waals surface area contributed by atoms with Gasteiger partial charge in [0, 0.05) is 38.5 Å². The third-order valence-corrected chi connectivity index (χ3v) is 5.56. The highest BCUT2D eigenvalue weighted by Crippen LogP contribution is 2.36. The number of hydrogen-bond donors (Lipinski definition) is 1. The lowest BCUT2D eigenvalue weighted by Crippen LogP contribution is -2.14. The van der Waals surface area contributed by atoms with E-state index in [-0.39, 0.29) is 11.2 Å².